The monoisotopic (exact) mass is 253 g/mol. The SMILES string of the molecule is Cc1nc(CN2CCC(C)CC2)sc1C(C)N. The number of aryl methyl sites for hydroxylation is 1. The van der Waals surface area contributed by atoms with Crippen LogP contribution in [0.3, 0.4) is 0 Å². The quantitative estimate of drug-likeness (QED) is 0.900. The van der Waals surface area contributed by atoms with Gasteiger partial charge in [0.15, 0.2) is 0 Å². The Labute approximate surface area is 108 Å². The maximum atomic E-state index is 5.94. The fourth-order valence-electron chi connectivity index (χ4n) is 2.37. The van der Waals surface area contributed by atoms with E-state index < -0.39 is 0 Å². The highest BCUT2D eigenvalue weighted by Crippen LogP contribution is 2.25. The molecule has 1 fully saturated rings. The molecule has 1 aromatic heterocycles. The van der Waals surface area contributed by atoms with Crippen LogP contribution in [0.1, 0.15) is 48.3 Å². The van der Waals surface area contributed by atoms with E-state index in [0.717, 1.165) is 18.2 Å². The average Bonchev–Trinajstić information content (AvgIpc) is 2.63. The predicted molar refractivity (Wildman–Crippen MR) is 73.1 cm³/mol. The highest BCUT2D eigenvalue weighted by atomic mass is 32.1. The lowest BCUT2D eigenvalue weighted by Crippen LogP contribution is -2.32. The van der Waals surface area contributed by atoms with Gasteiger partial charge in [0.25, 0.3) is 0 Å². The molecule has 1 aliphatic heterocycles. The molecule has 0 saturated carbocycles. The second kappa shape index (κ2) is 5.46. The first-order chi connectivity index (χ1) is 8.06. The van der Waals surface area contributed by atoms with Gasteiger partial charge in [-0.15, -0.1) is 11.3 Å². The molecule has 2 heterocycles. The molecule has 17 heavy (non-hydrogen) atoms. The van der Waals surface area contributed by atoms with Gasteiger partial charge in [-0.3, -0.25) is 4.90 Å². The van der Waals surface area contributed by atoms with E-state index in [1.165, 1.54) is 35.8 Å². The van der Waals surface area contributed by atoms with Crippen LogP contribution in [0.25, 0.3) is 0 Å². The number of hydrogen-bond donors (Lipinski definition) is 1. The Morgan fingerprint density at radius 2 is 2.12 bits per heavy atom. The Hall–Kier alpha value is -0.450. The topological polar surface area (TPSA) is 42.2 Å². The summed E-state index contributed by atoms with van der Waals surface area (Å²) in [6.45, 7) is 9.88. The Morgan fingerprint density at radius 3 is 2.65 bits per heavy atom. The molecule has 1 atom stereocenters. The fourth-order valence-corrected chi connectivity index (χ4v) is 3.43. The zero-order valence-corrected chi connectivity index (χ0v) is 11.9. The number of nitrogens with zero attached hydrogens (tertiary/aromatic N) is 2. The van der Waals surface area contributed by atoms with Gasteiger partial charge in [0, 0.05) is 10.9 Å². The predicted octanol–water partition coefficient (Wildman–Crippen LogP) is 2.70. The molecule has 0 aliphatic carbocycles. The summed E-state index contributed by atoms with van der Waals surface area (Å²) in [7, 11) is 0. The van der Waals surface area contributed by atoms with Crippen LogP contribution in [0.4, 0.5) is 0 Å². The molecule has 0 amide bonds. The van der Waals surface area contributed by atoms with Crippen LogP contribution in [0.5, 0.6) is 0 Å². The largest absolute Gasteiger partial charge is 0.323 e. The summed E-state index contributed by atoms with van der Waals surface area (Å²) in [6.07, 6.45) is 2.65. The Bertz CT molecular complexity index is 365. The van der Waals surface area contributed by atoms with Gasteiger partial charge in [-0.2, -0.15) is 0 Å². The number of rotatable bonds is 3. The van der Waals surface area contributed by atoms with Crippen molar-refractivity contribution in [2.24, 2.45) is 11.7 Å². The molecule has 1 saturated heterocycles. The van der Waals surface area contributed by atoms with E-state index in [9.17, 15) is 0 Å². The normalized spacial score (nSPS) is 20.7. The Kier molecular flexibility index (Phi) is 4.17. The van der Waals surface area contributed by atoms with E-state index in [4.69, 9.17) is 5.73 Å². The Balaban J connectivity index is 1.97. The third-order valence-electron chi connectivity index (χ3n) is 3.53. The van der Waals surface area contributed by atoms with Crippen molar-refractivity contribution in [2.45, 2.75) is 46.2 Å². The van der Waals surface area contributed by atoms with Crippen LogP contribution < -0.4 is 5.73 Å². The minimum Gasteiger partial charge on any atom is -0.323 e. The summed E-state index contributed by atoms with van der Waals surface area (Å²) >= 11 is 1.78. The molecule has 1 aliphatic rings. The van der Waals surface area contributed by atoms with Gasteiger partial charge >= 0.3 is 0 Å². The average molecular weight is 253 g/mol. The highest BCUT2D eigenvalue weighted by Gasteiger charge is 2.18. The standard InChI is InChI=1S/C13H23N3S/c1-9-4-6-16(7-5-9)8-12-15-11(3)13(17-12)10(2)14/h9-10H,4-8,14H2,1-3H3. The van der Waals surface area contributed by atoms with Crippen LogP contribution in [0, 0.1) is 12.8 Å². The van der Waals surface area contributed by atoms with Crippen molar-refractivity contribution in [1.82, 2.24) is 9.88 Å². The van der Waals surface area contributed by atoms with Crippen molar-refractivity contribution < 1.29 is 0 Å². The number of piperidine rings is 1. The summed E-state index contributed by atoms with van der Waals surface area (Å²) in [4.78, 5) is 8.40. The van der Waals surface area contributed by atoms with Gasteiger partial charge in [-0.1, -0.05) is 6.92 Å². The van der Waals surface area contributed by atoms with Gasteiger partial charge in [0.1, 0.15) is 5.01 Å². The van der Waals surface area contributed by atoms with Crippen LogP contribution in [0.15, 0.2) is 0 Å². The van der Waals surface area contributed by atoms with E-state index >= 15 is 0 Å². The molecule has 1 unspecified atom stereocenters. The van der Waals surface area contributed by atoms with E-state index in [0.29, 0.717) is 0 Å². The van der Waals surface area contributed by atoms with Crippen LogP contribution >= 0.6 is 11.3 Å². The molecular weight excluding hydrogens is 230 g/mol. The molecule has 2 rings (SSSR count). The number of hydrogen-bond acceptors (Lipinski definition) is 4. The first kappa shape index (κ1) is 13.0. The molecule has 0 bridgehead atoms. The number of thiazole rings is 1. The molecule has 0 radical (unpaired) electrons. The molecule has 3 nitrogen and oxygen atoms in total. The zero-order chi connectivity index (χ0) is 12.4. The van der Waals surface area contributed by atoms with Crippen molar-refractivity contribution >= 4 is 11.3 Å². The van der Waals surface area contributed by atoms with Crippen molar-refractivity contribution in [3.05, 3.63) is 15.6 Å². The first-order valence-corrected chi connectivity index (χ1v) is 7.32. The lowest BCUT2D eigenvalue weighted by atomic mass is 9.99. The lowest BCUT2D eigenvalue weighted by molar-refractivity contribution is 0.185. The lowest BCUT2D eigenvalue weighted by Gasteiger charge is -2.29. The molecule has 0 aromatic carbocycles. The minimum absolute atomic E-state index is 0.114. The number of likely N-dealkylation sites (tertiary alicyclic amines) is 1. The second-order valence-electron chi connectivity index (χ2n) is 5.30. The van der Waals surface area contributed by atoms with Gasteiger partial charge in [-0.25, -0.2) is 4.98 Å². The molecule has 4 heteroatoms. The van der Waals surface area contributed by atoms with Gasteiger partial charge in [-0.05, 0) is 45.7 Å². The third kappa shape index (κ3) is 3.27. The van der Waals surface area contributed by atoms with Crippen molar-refractivity contribution in [3.8, 4) is 0 Å². The van der Waals surface area contributed by atoms with Crippen LogP contribution in [0.2, 0.25) is 0 Å². The molecular formula is C13H23N3S. The van der Waals surface area contributed by atoms with E-state index in [-0.39, 0.29) is 6.04 Å². The molecule has 1 aromatic rings. The van der Waals surface area contributed by atoms with Gasteiger partial charge < -0.3 is 5.73 Å². The molecule has 2 N–H and O–H groups in total. The first-order valence-electron chi connectivity index (χ1n) is 6.50. The zero-order valence-electron chi connectivity index (χ0n) is 11.1. The van der Waals surface area contributed by atoms with Gasteiger partial charge in [0.2, 0.25) is 0 Å². The van der Waals surface area contributed by atoms with Crippen LogP contribution in [-0.2, 0) is 6.54 Å². The van der Waals surface area contributed by atoms with E-state index in [1.807, 2.05) is 6.92 Å². The second-order valence-corrected chi connectivity index (χ2v) is 6.42. The van der Waals surface area contributed by atoms with E-state index in [1.54, 1.807) is 11.3 Å². The number of nitrogens with two attached hydrogens (primary N) is 1. The maximum absolute atomic E-state index is 5.94. The Morgan fingerprint density at radius 1 is 1.47 bits per heavy atom. The summed E-state index contributed by atoms with van der Waals surface area (Å²) in [6, 6.07) is 0.114. The summed E-state index contributed by atoms with van der Waals surface area (Å²) < 4.78 is 0. The van der Waals surface area contributed by atoms with E-state index in [2.05, 4.69) is 23.7 Å². The minimum atomic E-state index is 0.114. The fraction of sp³-hybridized carbons (Fsp3) is 0.769. The van der Waals surface area contributed by atoms with Crippen molar-refractivity contribution in [3.63, 3.8) is 0 Å². The van der Waals surface area contributed by atoms with Crippen molar-refractivity contribution in [2.75, 3.05) is 13.1 Å². The molecule has 96 valence electrons. The third-order valence-corrected chi connectivity index (χ3v) is 4.87. The summed E-state index contributed by atoms with van der Waals surface area (Å²) in [5, 5.41) is 1.23. The summed E-state index contributed by atoms with van der Waals surface area (Å²) in [5.41, 5.74) is 7.05. The number of aromatic nitrogens is 1. The van der Waals surface area contributed by atoms with Crippen molar-refractivity contribution in [1.29, 1.82) is 0 Å². The molecule has 0 spiro atoms. The maximum Gasteiger partial charge on any atom is 0.107 e. The van der Waals surface area contributed by atoms with Gasteiger partial charge in [0.05, 0.1) is 12.2 Å². The highest BCUT2D eigenvalue weighted by molar-refractivity contribution is 7.11. The summed E-state index contributed by atoms with van der Waals surface area (Å²) in [5.74, 6) is 0.893. The smallest absolute Gasteiger partial charge is 0.107 e. The van der Waals surface area contributed by atoms with Crippen LogP contribution in [-0.4, -0.2) is 23.0 Å².